The summed E-state index contributed by atoms with van der Waals surface area (Å²) in [5.41, 5.74) is 3.01. The second-order valence-electron chi connectivity index (χ2n) is 5.66. The molecule has 1 N–H and O–H groups in total. The number of nitrogens with one attached hydrogen (secondary N) is 1. The maximum atomic E-state index is 4.52. The van der Waals surface area contributed by atoms with Crippen molar-refractivity contribution < 1.29 is 0 Å². The van der Waals surface area contributed by atoms with Crippen LogP contribution >= 0.6 is 15.9 Å². The lowest BCUT2D eigenvalue weighted by molar-refractivity contribution is 0.318. The Bertz CT molecular complexity index is 645. The van der Waals surface area contributed by atoms with Crippen molar-refractivity contribution >= 4 is 32.7 Å². The van der Waals surface area contributed by atoms with Gasteiger partial charge in [-0.05, 0) is 53.9 Å². The van der Waals surface area contributed by atoms with E-state index in [-0.39, 0.29) is 0 Å². The zero-order valence-electron chi connectivity index (χ0n) is 11.2. The van der Waals surface area contributed by atoms with Gasteiger partial charge in [0.1, 0.15) is 5.52 Å². The van der Waals surface area contributed by atoms with Crippen molar-refractivity contribution in [3.63, 3.8) is 0 Å². The Morgan fingerprint density at radius 3 is 3.15 bits per heavy atom. The van der Waals surface area contributed by atoms with Crippen LogP contribution in [0.5, 0.6) is 0 Å². The van der Waals surface area contributed by atoms with Crippen LogP contribution in [0.15, 0.2) is 29.0 Å². The summed E-state index contributed by atoms with van der Waals surface area (Å²) in [6, 6.07) is 5.31. The monoisotopic (exact) mass is 332 g/mol. The van der Waals surface area contributed by atoms with Gasteiger partial charge in [0.15, 0.2) is 0 Å². The zero-order valence-corrected chi connectivity index (χ0v) is 12.8. The number of fused-ring (bicyclic) bond motifs is 2. The Hall–Kier alpha value is -1.20. The van der Waals surface area contributed by atoms with Crippen LogP contribution in [-0.2, 0) is 0 Å². The molecule has 20 heavy (non-hydrogen) atoms. The maximum absolute atomic E-state index is 4.52. The molecule has 2 aliphatic rings. The van der Waals surface area contributed by atoms with Gasteiger partial charge < -0.3 is 5.32 Å². The first-order valence-corrected chi connectivity index (χ1v) is 8.01. The molecule has 0 aliphatic carbocycles. The molecule has 2 fully saturated rings. The third-order valence-electron chi connectivity index (χ3n) is 4.49. The molecule has 0 aromatic carbocycles. The van der Waals surface area contributed by atoms with Gasteiger partial charge in [-0.15, -0.1) is 0 Å². The molecular formula is C15H17BrN4. The summed E-state index contributed by atoms with van der Waals surface area (Å²) in [6.07, 6.45) is 7.58. The highest BCUT2D eigenvalue weighted by Crippen LogP contribution is 2.31. The van der Waals surface area contributed by atoms with Crippen molar-refractivity contribution in [1.29, 1.82) is 0 Å². The summed E-state index contributed by atoms with van der Waals surface area (Å²) in [6.45, 7) is 2.50. The van der Waals surface area contributed by atoms with E-state index in [1.54, 1.807) is 0 Å². The number of pyridine rings is 2. The molecule has 2 aliphatic heterocycles. The number of rotatable bonds is 2. The minimum absolute atomic E-state index is 0.550. The molecule has 0 amide bonds. The zero-order chi connectivity index (χ0) is 13.5. The van der Waals surface area contributed by atoms with Gasteiger partial charge in [-0.1, -0.05) is 0 Å². The van der Waals surface area contributed by atoms with Crippen molar-refractivity contribution in [2.45, 2.75) is 31.3 Å². The van der Waals surface area contributed by atoms with Gasteiger partial charge in [0.25, 0.3) is 0 Å². The number of halogens is 1. The van der Waals surface area contributed by atoms with Crippen molar-refractivity contribution in [2.24, 2.45) is 0 Å². The van der Waals surface area contributed by atoms with Crippen LogP contribution in [0.1, 0.15) is 19.3 Å². The van der Waals surface area contributed by atoms with Gasteiger partial charge in [0.2, 0.25) is 0 Å². The minimum Gasteiger partial charge on any atom is -0.379 e. The second kappa shape index (κ2) is 4.97. The third kappa shape index (κ3) is 2.09. The number of anilines is 1. The van der Waals surface area contributed by atoms with Gasteiger partial charge in [-0.2, -0.15) is 0 Å². The molecule has 4 heterocycles. The van der Waals surface area contributed by atoms with E-state index < -0.39 is 0 Å². The highest BCUT2D eigenvalue weighted by molar-refractivity contribution is 9.10. The first kappa shape index (κ1) is 12.5. The predicted octanol–water partition coefficient (Wildman–Crippen LogP) is 3.04. The average molecular weight is 333 g/mol. The van der Waals surface area contributed by atoms with Crippen LogP contribution in [-0.4, -0.2) is 40.0 Å². The number of nitrogens with zero attached hydrogens (tertiary/aromatic N) is 3. The predicted molar refractivity (Wildman–Crippen MR) is 83.9 cm³/mol. The molecule has 104 valence electrons. The Labute approximate surface area is 126 Å². The quantitative estimate of drug-likeness (QED) is 0.917. The van der Waals surface area contributed by atoms with Crippen molar-refractivity contribution in [1.82, 2.24) is 14.9 Å². The SMILES string of the molecule is Brc1cnc2c(NC3CCN4CCCC34)ccnc2c1. The first-order valence-electron chi connectivity index (χ1n) is 7.22. The van der Waals surface area contributed by atoms with Crippen LogP contribution in [0.2, 0.25) is 0 Å². The molecule has 2 saturated heterocycles. The van der Waals surface area contributed by atoms with Gasteiger partial charge >= 0.3 is 0 Å². The van der Waals surface area contributed by atoms with Crippen LogP contribution in [0.3, 0.4) is 0 Å². The van der Waals surface area contributed by atoms with E-state index in [0.717, 1.165) is 21.2 Å². The highest BCUT2D eigenvalue weighted by Gasteiger charge is 2.37. The van der Waals surface area contributed by atoms with Gasteiger partial charge in [0, 0.05) is 35.5 Å². The molecule has 2 aromatic rings. The molecule has 0 radical (unpaired) electrons. The molecule has 2 aromatic heterocycles. The molecule has 5 heteroatoms. The van der Waals surface area contributed by atoms with Crippen LogP contribution < -0.4 is 5.32 Å². The van der Waals surface area contributed by atoms with Gasteiger partial charge in [-0.25, -0.2) is 0 Å². The molecule has 0 spiro atoms. The van der Waals surface area contributed by atoms with E-state index in [9.17, 15) is 0 Å². The lowest BCUT2D eigenvalue weighted by atomic mass is 10.1. The Morgan fingerprint density at radius 2 is 2.20 bits per heavy atom. The van der Waals surface area contributed by atoms with E-state index in [1.807, 2.05) is 24.5 Å². The Balaban J connectivity index is 1.65. The van der Waals surface area contributed by atoms with Crippen LogP contribution in [0.25, 0.3) is 11.0 Å². The number of hydrogen-bond donors (Lipinski definition) is 1. The number of hydrogen-bond acceptors (Lipinski definition) is 4. The van der Waals surface area contributed by atoms with E-state index in [1.165, 1.54) is 32.4 Å². The Morgan fingerprint density at radius 1 is 1.25 bits per heavy atom. The molecule has 4 nitrogen and oxygen atoms in total. The van der Waals surface area contributed by atoms with Crippen LogP contribution in [0.4, 0.5) is 5.69 Å². The summed E-state index contributed by atoms with van der Waals surface area (Å²) in [7, 11) is 0. The molecule has 4 rings (SSSR count). The summed E-state index contributed by atoms with van der Waals surface area (Å²) in [4.78, 5) is 11.5. The average Bonchev–Trinajstić information content (AvgIpc) is 3.03. The molecular weight excluding hydrogens is 316 g/mol. The standard InChI is InChI=1S/C15H17BrN4/c16-10-8-13-15(18-9-10)12(3-5-17-13)19-11-4-7-20-6-1-2-14(11)20/h3,5,8-9,11,14H,1-2,4,6-7H2,(H,17,19). The minimum atomic E-state index is 0.550. The highest BCUT2D eigenvalue weighted by atomic mass is 79.9. The molecule has 0 bridgehead atoms. The third-order valence-corrected chi connectivity index (χ3v) is 4.92. The normalized spacial score (nSPS) is 26.1. The largest absolute Gasteiger partial charge is 0.379 e. The van der Waals surface area contributed by atoms with E-state index >= 15 is 0 Å². The molecule has 2 atom stereocenters. The lowest BCUT2D eigenvalue weighted by Gasteiger charge is -2.22. The lowest BCUT2D eigenvalue weighted by Crippen LogP contribution is -2.33. The molecule has 0 saturated carbocycles. The van der Waals surface area contributed by atoms with Crippen LogP contribution in [0, 0.1) is 0 Å². The van der Waals surface area contributed by atoms with Crippen molar-refractivity contribution in [3.8, 4) is 0 Å². The first-order chi connectivity index (χ1) is 9.81. The summed E-state index contributed by atoms with van der Waals surface area (Å²) >= 11 is 3.45. The molecule has 2 unspecified atom stereocenters. The van der Waals surface area contributed by atoms with E-state index in [0.29, 0.717) is 12.1 Å². The van der Waals surface area contributed by atoms with E-state index in [4.69, 9.17) is 0 Å². The maximum Gasteiger partial charge on any atom is 0.112 e. The topological polar surface area (TPSA) is 41.1 Å². The van der Waals surface area contributed by atoms with E-state index in [2.05, 4.69) is 36.1 Å². The van der Waals surface area contributed by atoms with Crippen molar-refractivity contribution in [3.05, 3.63) is 29.0 Å². The fraction of sp³-hybridized carbons (Fsp3) is 0.467. The number of aromatic nitrogens is 2. The van der Waals surface area contributed by atoms with Gasteiger partial charge in [0.05, 0.1) is 11.2 Å². The smallest absolute Gasteiger partial charge is 0.112 e. The fourth-order valence-corrected chi connectivity index (χ4v) is 3.89. The van der Waals surface area contributed by atoms with Crippen molar-refractivity contribution in [2.75, 3.05) is 18.4 Å². The Kier molecular flexibility index (Phi) is 3.11. The summed E-state index contributed by atoms with van der Waals surface area (Å²) in [5.74, 6) is 0. The summed E-state index contributed by atoms with van der Waals surface area (Å²) in [5, 5.41) is 3.72. The fourth-order valence-electron chi connectivity index (χ4n) is 3.57. The van der Waals surface area contributed by atoms with Gasteiger partial charge in [-0.3, -0.25) is 14.9 Å². The second-order valence-corrected chi connectivity index (χ2v) is 6.58. The summed E-state index contributed by atoms with van der Waals surface area (Å²) < 4.78 is 0.970.